The molecule has 1 N–H and O–H groups in total. The van der Waals surface area contributed by atoms with Gasteiger partial charge in [0.15, 0.2) is 0 Å². The minimum absolute atomic E-state index is 0.355. The largest absolute Gasteiger partial charge is 0.416 e. The van der Waals surface area contributed by atoms with Gasteiger partial charge in [-0.15, -0.1) is 5.10 Å². The highest BCUT2D eigenvalue weighted by Gasteiger charge is 2.30. The summed E-state index contributed by atoms with van der Waals surface area (Å²) >= 11 is 0. The van der Waals surface area contributed by atoms with Crippen molar-refractivity contribution >= 4 is 0 Å². The molecule has 0 aliphatic carbocycles. The molecule has 96 valence electrons. The first-order valence-corrected chi connectivity index (χ1v) is 5.09. The molecule has 0 saturated carbocycles. The highest BCUT2D eigenvalue weighted by Crippen LogP contribution is 2.30. The van der Waals surface area contributed by atoms with E-state index >= 15 is 0 Å². The van der Waals surface area contributed by atoms with Crippen LogP contribution in [0.25, 0.3) is 0 Å². The van der Waals surface area contributed by atoms with Crippen LogP contribution in [0.1, 0.15) is 22.9 Å². The fourth-order valence-electron chi connectivity index (χ4n) is 1.57. The Bertz CT molecular complexity index is 533. The number of benzene rings is 1. The summed E-state index contributed by atoms with van der Waals surface area (Å²) in [7, 11) is 1.59. The van der Waals surface area contributed by atoms with Crippen LogP contribution in [0.2, 0.25) is 0 Å². The Balaban J connectivity index is 2.28. The maximum absolute atomic E-state index is 12.4. The molecule has 2 rings (SSSR count). The van der Waals surface area contributed by atoms with Crippen LogP contribution in [0.4, 0.5) is 13.2 Å². The van der Waals surface area contributed by atoms with Gasteiger partial charge in [-0.25, -0.2) is 4.68 Å². The summed E-state index contributed by atoms with van der Waals surface area (Å²) in [5.41, 5.74) is 0.0183. The minimum Gasteiger partial charge on any atom is -0.382 e. The van der Waals surface area contributed by atoms with E-state index in [-0.39, 0.29) is 0 Å². The van der Waals surface area contributed by atoms with Crippen LogP contribution in [-0.2, 0) is 13.2 Å². The smallest absolute Gasteiger partial charge is 0.382 e. The Morgan fingerprint density at radius 1 is 1.22 bits per heavy atom. The van der Waals surface area contributed by atoms with Crippen LogP contribution in [0.3, 0.4) is 0 Å². The number of alkyl halides is 3. The van der Waals surface area contributed by atoms with Crippen molar-refractivity contribution in [2.24, 2.45) is 7.05 Å². The Hall–Kier alpha value is -1.89. The molecule has 18 heavy (non-hydrogen) atoms. The summed E-state index contributed by atoms with van der Waals surface area (Å²) in [6, 6.07) is 4.34. The third-order valence-electron chi connectivity index (χ3n) is 2.58. The van der Waals surface area contributed by atoms with Crippen LogP contribution in [-0.4, -0.2) is 20.1 Å². The maximum atomic E-state index is 12.4. The molecule has 7 heteroatoms. The molecule has 0 bridgehead atoms. The Morgan fingerprint density at radius 3 is 2.28 bits per heavy atom. The number of rotatable bonds is 2. The molecule has 0 fully saturated rings. The van der Waals surface area contributed by atoms with Crippen molar-refractivity contribution in [1.82, 2.24) is 15.0 Å². The van der Waals surface area contributed by atoms with Gasteiger partial charge in [0.2, 0.25) is 0 Å². The van der Waals surface area contributed by atoms with Crippen molar-refractivity contribution in [2.75, 3.05) is 0 Å². The van der Waals surface area contributed by atoms with Crippen molar-refractivity contribution < 1.29 is 18.3 Å². The first-order chi connectivity index (χ1) is 8.39. The van der Waals surface area contributed by atoms with Gasteiger partial charge < -0.3 is 5.11 Å². The average Bonchev–Trinajstić information content (AvgIpc) is 2.73. The quantitative estimate of drug-likeness (QED) is 0.894. The van der Waals surface area contributed by atoms with Gasteiger partial charge in [0, 0.05) is 7.05 Å². The minimum atomic E-state index is -4.38. The summed E-state index contributed by atoms with van der Waals surface area (Å²) in [6.45, 7) is 0. The number of aromatic nitrogens is 3. The zero-order valence-electron chi connectivity index (χ0n) is 9.39. The van der Waals surface area contributed by atoms with E-state index in [1.54, 1.807) is 7.05 Å². The van der Waals surface area contributed by atoms with Crippen molar-refractivity contribution in [1.29, 1.82) is 0 Å². The highest BCUT2D eigenvalue weighted by molar-refractivity contribution is 5.29. The van der Waals surface area contributed by atoms with Crippen LogP contribution in [0.5, 0.6) is 0 Å². The second-order valence-corrected chi connectivity index (χ2v) is 3.80. The van der Waals surface area contributed by atoms with Crippen molar-refractivity contribution in [3.05, 3.63) is 47.3 Å². The Morgan fingerprint density at radius 2 is 1.83 bits per heavy atom. The lowest BCUT2D eigenvalue weighted by molar-refractivity contribution is -0.137. The Kier molecular flexibility index (Phi) is 3.08. The number of nitrogens with zero attached hydrogens (tertiary/aromatic N) is 3. The summed E-state index contributed by atoms with van der Waals surface area (Å²) in [6.07, 6.45) is -4.06. The predicted molar refractivity (Wildman–Crippen MR) is 56.5 cm³/mol. The Labute approximate surface area is 101 Å². The van der Waals surface area contributed by atoms with E-state index in [4.69, 9.17) is 0 Å². The molecule has 1 aromatic carbocycles. The second kappa shape index (κ2) is 4.41. The van der Waals surface area contributed by atoms with E-state index in [1.807, 2.05) is 0 Å². The number of aliphatic hydroxyl groups excluding tert-OH is 1. The van der Waals surface area contributed by atoms with Crippen molar-refractivity contribution in [3.63, 3.8) is 0 Å². The zero-order valence-corrected chi connectivity index (χ0v) is 9.39. The fraction of sp³-hybridized carbons (Fsp3) is 0.273. The van der Waals surface area contributed by atoms with Crippen molar-refractivity contribution in [2.45, 2.75) is 12.3 Å². The van der Waals surface area contributed by atoms with E-state index in [1.165, 1.54) is 23.0 Å². The second-order valence-electron chi connectivity index (χ2n) is 3.80. The monoisotopic (exact) mass is 257 g/mol. The normalized spacial score (nSPS) is 13.6. The van der Waals surface area contributed by atoms with E-state index in [0.29, 0.717) is 11.3 Å². The zero-order chi connectivity index (χ0) is 13.3. The molecule has 1 heterocycles. The first-order valence-electron chi connectivity index (χ1n) is 5.09. The third-order valence-corrected chi connectivity index (χ3v) is 2.58. The van der Waals surface area contributed by atoms with Gasteiger partial charge in [-0.1, -0.05) is 17.3 Å². The number of halogens is 3. The molecule has 0 aliphatic rings. The lowest BCUT2D eigenvalue weighted by Crippen LogP contribution is -2.08. The standard InChI is InChI=1S/C11H10F3N3O/c1-17-9(6-15-16-17)10(18)7-2-4-8(5-3-7)11(12,13)14/h2-6,10,18H,1H3. The van der Waals surface area contributed by atoms with E-state index < -0.39 is 17.8 Å². The molecule has 2 aromatic rings. The van der Waals surface area contributed by atoms with Gasteiger partial charge in [0.1, 0.15) is 6.10 Å². The van der Waals surface area contributed by atoms with Crippen LogP contribution < -0.4 is 0 Å². The van der Waals surface area contributed by atoms with Gasteiger partial charge in [-0.3, -0.25) is 0 Å². The SMILES string of the molecule is Cn1nncc1C(O)c1ccc(C(F)(F)F)cc1. The maximum Gasteiger partial charge on any atom is 0.416 e. The molecule has 1 aromatic heterocycles. The summed E-state index contributed by atoms with van der Waals surface area (Å²) in [5, 5.41) is 17.2. The average molecular weight is 257 g/mol. The van der Waals surface area contributed by atoms with Crippen LogP contribution in [0.15, 0.2) is 30.5 Å². The summed E-state index contributed by atoms with van der Waals surface area (Å²) < 4.78 is 38.5. The van der Waals surface area contributed by atoms with Crippen LogP contribution >= 0.6 is 0 Å². The predicted octanol–water partition coefficient (Wildman–Crippen LogP) is 1.92. The number of hydrogen-bond acceptors (Lipinski definition) is 3. The van der Waals surface area contributed by atoms with Gasteiger partial charge in [0.05, 0.1) is 17.5 Å². The molecule has 0 saturated heterocycles. The lowest BCUT2D eigenvalue weighted by atomic mass is 10.0. The molecule has 4 nitrogen and oxygen atoms in total. The van der Waals surface area contributed by atoms with Gasteiger partial charge in [0.25, 0.3) is 0 Å². The molecular weight excluding hydrogens is 247 g/mol. The highest BCUT2D eigenvalue weighted by atomic mass is 19.4. The van der Waals surface area contributed by atoms with Gasteiger partial charge in [-0.05, 0) is 17.7 Å². The van der Waals surface area contributed by atoms with Gasteiger partial charge >= 0.3 is 6.18 Å². The third kappa shape index (κ3) is 2.35. The van der Waals surface area contributed by atoms with E-state index in [0.717, 1.165) is 12.1 Å². The number of hydrogen-bond donors (Lipinski definition) is 1. The van der Waals surface area contributed by atoms with Crippen LogP contribution in [0, 0.1) is 0 Å². The molecule has 0 spiro atoms. The number of aryl methyl sites for hydroxylation is 1. The fourth-order valence-corrected chi connectivity index (χ4v) is 1.57. The lowest BCUT2D eigenvalue weighted by Gasteiger charge is -2.12. The molecular formula is C11H10F3N3O. The molecule has 1 atom stereocenters. The van der Waals surface area contributed by atoms with E-state index in [9.17, 15) is 18.3 Å². The molecule has 0 aliphatic heterocycles. The van der Waals surface area contributed by atoms with Gasteiger partial charge in [-0.2, -0.15) is 13.2 Å². The first kappa shape index (κ1) is 12.6. The summed E-state index contributed by atoms with van der Waals surface area (Å²) in [5.74, 6) is 0. The van der Waals surface area contributed by atoms with Crippen molar-refractivity contribution in [3.8, 4) is 0 Å². The number of aliphatic hydroxyl groups is 1. The summed E-state index contributed by atoms with van der Waals surface area (Å²) in [4.78, 5) is 0. The topological polar surface area (TPSA) is 50.9 Å². The molecule has 1 unspecified atom stereocenters. The molecule has 0 amide bonds. The molecule has 0 radical (unpaired) electrons. The van der Waals surface area contributed by atoms with E-state index in [2.05, 4.69) is 10.3 Å².